The van der Waals surface area contributed by atoms with Gasteiger partial charge < -0.3 is 0 Å². The van der Waals surface area contributed by atoms with Crippen LogP contribution >= 0.6 is 0 Å². The Morgan fingerprint density at radius 3 is 0.750 bits per heavy atom. The maximum atomic E-state index is 3.52. The second kappa shape index (κ2) is 9.61. The lowest BCUT2D eigenvalue weighted by molar-refractivity contribution is 1.11. The fourth-order valence-corrected chi connectivity index (χ4v) is 4.32. The number of nitrogens with zero attached hydrogens (tertiary/aromatic N) is 4. The highest BCUT2D eigenvalue weighted by Gasteiger charge is 2.24. The van der Waals surface area contributed by atoms with Crippen molar-refractivity contribution in [2.75, 3.05) is 19.6 Å². The first-order valence-electron chi connectivity index (χ1n) is 11.9. The van der Waals surface area contributed by atoms with Gasteiger partial charge in [-0.25, -0.2) is 0 Å². The molecule has 0 radical (unpaired) electrons. The quantitative estimate of drug-likeness (QED) is 0.291. The summed E-state index contributed by atoms with van der Waals surface area (Å²) in [5, 5.41) is 0. The predicted molar refractivity (Wildman–Crippen MR) is 148 cm³/mol. The fraction of sp³-hybridized carbons (Fsp3) is 0. The molecular formula is C32H24N4. The minimum atomic E-state index is 0.868. The molecule has 0 saturated heterocycles. The molecule has 6 rings (SSSR count). The number of para-hydroxylation sites is 4. The van der Waals surface area contributed by atoms with Crippen LogP contribution < -0.4 is 19.6 Å². The molecule has 172 valence electrons. The number of rotatable bonds is 4. The molecule has 4 nitrogen and oxygen atoms in total. The van der Waals surface area contributed by atoms with Crippen molar-refractivity contribution in [3.05, 3.63) is 169 Å². The van der Waals surface area contributed by atoms with Crippen LogP contribution in [0.1, 0.15) is 0 Å². The monoisotopic (exact) mass is 464 g/mol. The minimum absolute atomic E-state index is 0.868. The molecule has 0 N–H and O–H groups in total. The standard InChI is InChI=1S/C32H24N4/c1-5-13-27(14-6-1)33-23-24-34(28-15-7-2-8-16-28)31(33)21-22-32-35(29-17-9-3-10-18-29)25-26-36(32)30-19-11-4-12-20-30/h1-20,23-26H. The largest absolute Gasteiger partial charge is 0.294 e. The van der Waals surface area contributed by atoms with Crippen LogP contribution in [0.15, 0.2) is 169 Å². The summed E-state index contributed by atoms with van der Waals surface area (Å²) in [6, 6.07) is 41.2. The minimum Gasteiger partial charge on any atom is -0.294 e. The van der Waals surface area contributed by atoms with E-state index in [9.17, 15) is 0 Å². The SMILES string of the molecule is C(=C=C1N(c2ccccc2)C=CN1c1ccccc1)=C1N(c2ccccc2)C=CN1c1ccccc1. The highest BCUT2D eigenvalue weighted by atomic mass is 15.4. The van der Waals surface area contributed by atoms with Crippen LogP contribution in [0, 0.1) is 0 Å². The van der Waals surface area contributed by atoms with E-state index in [1.807, 2.05) is 72.8 Å². The topological polar surface area (TPSA) is 13.0 Å². The summed E-state index contributed by atoms with van der Waals surface area (Å²) in [6.07, 6.45) is 8.25. The molecule has 0 atom stereocenters. The molecule has 2 aliphatic heterocycles. The maximum absolute atomic E-state index is 3.52. The van der Waals surface area contributed by atoms with E-state index < -0.39 is 0 Å². The first-order valence-corrected chi connectivity index (χ1v) is 11.9. The Morgan fingerprint density at radius 1 is 0.306 bits per heavy atom. The van der Waals surface area contributed by atoms with Gasteiger partial charge in [-0.2, -0.15) is 0 Å². The van der Waals surface area contributed by atoms with Crippen LogP contribution in [0.5, 0.6) is 0 Å². The van der Waals surface area contributed by atoms with E-state index in [0.717, 1.165) is 34.4 Å². The first-order chi connectivity index (χ1) is 17.9. The van der Waals surface area contributed by atoms with E-state index >= 15 is 0 Å². The Kier molecular flexibility index (Phi) is 5.71. The van der Waals surface area contributed by atoms with Gasteiger partial charge in [-0.05, 0) is 60.0 Å². The van der Waals surface area contributed by atoms with Gasteiger partial charge in [0.15, 0.2) is 11.6 Å². The Bertz CT molecular complexity index is 1280. The van der Waals surface area contributed by atoms with Crippen LogP contribution in [-0.2, 0) is 0 Å². The zero-order valence-electron chi connectivity index (χ0n) is 19.6. The van der Waals surface area contributed by atoms with E-state index in [1.165, 1.54) is 0 Å². The lowest BCUT2D eigenvalue weighted by atomic mass is 10.2. The van der Waals surface area contributed by atoms with Crippen molar-refractivity contribution in [3.63, 3.8) is 0 Å². The van der Waals surface area contributed by atoms with Crippen molar-refractivity contribution >= 4 is 22.7 Å². The maximum Gasteiger partial charge on any atom is 0.175 e. The average Bonchev–Trinajstić information content (AvgIpc) is 3.58. The van der Waals surface area contributed by atoms with Crippen LogP contribution in [0.3, 0.4) is 0 Å². The van der Waals surface area contributed by atoms with Crippen LogP contribution in [0.2, 0.25) is 0 Å². The number of hydrogen-bond donors (Lipinski definition) is 0. The van der Waals surface area contributed by atoms with Crippen LogP contribution in [0.25, 0.3) is 0 Å². The molecule has 4 aromatic carbocycles. The average molecular weight is 465 g/mol. The molecular weight excluding hydrogens is 440 g/mol. The molecule has 0 saturated carbocycles. The highest BCUT2D eigenvalue weighted by molar-refractivity contribution is 5.70. The second-order valence-electron chi connectivity index (χ2n) is 8.32. The van der Waals surface area contributed by atoms with Gasteiger partial charge in [0.2, 0.25) is 0 Å². The van der Waals surface area contributed by atoms with Gasteiger partial charge in [-0.15, -0.1) is 0 Å². The summed E-state index contributed by atoms with van der Waals surface area (Å²) in [5.74, 6) is 1.74. The lowest BCUT2D eigenvalue weighted by Crippen LogP contribution is -2.22. The Hall–Kier alpha value is -5.14. The molecule has 4 heteroatoms. The molecule has 36 heavy (non-hydrogen) atoms. The van der Waals surface area contributed by atoms with Gasteiger partial charge in [-0.1, -0.05) is 72.8 Å². The summed E-state index contributed by atoms with van der Waals surface area (Å²) in [5.41, 5.74) is 11.3. The summed E-state index contributed by atoms with van der Waals surface area (Å²) >= 11 is 0. The zero-order chi connectivity index (χ0) is 24.2. The normalized spacial score (nSPS) is 14.4. The van der Waals surface area contributed by atoms with E-state index in [0.29, 0.717) is 0 Å². The smallest absolute Gasteiger partial charge is 0.175 e. The molecule has 0 aromatic heterocycles. The summed E-state index contributed by atoms with van der Waals surface area (Å²) in [6.45, 7) is 0. The second-order valence-corrected chi connectivity index (χ2v) is 8.32. The number of anilines is 4. The Morgan fingerprint density at radius 2 is 0.528 bits per heavy atom. The molecule has 2 heterocycles. The van der Waals surface area contributed by atoms with E-state index in [2.05, 4.69) is 104 Å². The van der Waals surface area contributed by atoms with Crippen LogP contribution in [0.4, 0.5) is 22.7 Å². The van der Waals surface area contributed by atoms with E-state index in [-0.39, 0.29) is 0 Å². The molecule has 0 aliphatic carbocycles. The molecule has 0 fully saturated rings. The third kappa shape index (κ3) is 4.11. The summed E-state index contributed by atoms with van der Waals surface area (Å²) < 4.78 is 0. The van der Waals surface area contributed by atoms with Crippen molar-refractivity contribution < 1.29 is 0 Å². The van der Waals surface area contributed by atoms with E-state index in [4.69, 9.17) is 0 Å². The van der Waals surface area contributed by atoms with Gasteiger partial charge >= 0.3 is 0 Å². The molecule has 4 aromatic rings. The Balaban J connectivity index is 1.54. The van der Waals surface area contributed by atoms with Crippen molar-refractivity contribution in [1.29, 1.82) is 0 Å². The third-order valence-electron chi connectivity index (χ3n) is 6.07. The third-order valence-corrected chi connectivity index (χ3v) is 6.07. The van der Waals surface area contributed by atoms with E-state index in [1.54, 1.807) is 0 Å². The summed E-state index contributed by atoms with van der Waals surface area (Å²) in [4.78, 5) is 8.51. The number of benzene rings is 4. The van der Waals surface area contributed by atoms with Gasteiger partial charge in [0.1, 0.15) is 0 Å². The van der Waals surface area contributed by atoms with Gasteiger partial charge in [0.05, 0.1) is 0 Å². The summed E-state index contributed by atoms with van der Waals surface area (Å²) in [7, 11) is 0. The van der Waals surface area contributed by atoms with Crippen molar-refractivity contribution in [2.45, 2.75) is 0 Å². The molecule has 0 amide bonds. The number of hydrogen-bond acceptors (Lipinski definition) is 4. The van der Waals surface area contributed by atoms with Crippen molar-refractivity contribution in [1.82, 2.24) is 0 Å². The van der Waals surface area contributed by atoms with Crippen molar-refractivity contribution in [2.24, 2.45) is 0 Å². The highest BCUT2D eigenvalue weighted by Crippen LogP contribution is 2.33. The zero-order valence-corrected chi connectivity index (χ0v) is 19.6. The fourth-order valence-electron chi connectivity index (χ4n) is 4.32. The molecule has 2 aliphatic rings. The predicted octanol–water partition coefficient (Wildman–Crippen LogP) is 7.42. The molecule has 0 bridgehead atoms. The van der Waals surface area contributed by atoms with Crippen molar-refractivity contribution in [3.8, 4) is 0 Å². The molecule has 0 spiro atoms. The molecule has 0 unspecified atom stereocenters. The Labute approximate surface area is 211 Å². The van der Waals surface area contributed by atoms with Crippen LogP contribution in [-0.4, -0.2) is 0 Å². The first kappa shape index (κ1) is 21.4. The van der Waals surface area contributed by atoms with Gasteiger partial charge in [0, 0.05) is 47.5 Å². The lowest BCUT2D eigenvalue weighted by Gasteiger charge is -2.24. The van der Waals surface area contributed by atoms with Gasteiger partial charge in [-0.3, -0.25) is 19.6 Å². The van der Waals surface area contributed by atoms with Gasteiger partial charge in [0.25, 0.3) is 0 Å².